The van der Waals surface area contributed by atoms with E-state index in [9.17, 15) is 21.0 Å². The van der Waals surface area contributed by atoms with Crippen LogP contribution in [0.2, 0.25) is 0 Å². The highest BCUT2D eigenvalue weighted by molar-refractivity contribution is 6.17. The molecule has 140 heavy (non-hydrogen) atoms. The highest BCUT2D eigenvalue weighted by atomic mass is 15.0. The van der Waals surface area contributed by atoms with Gasteiger partial charge in [-0.15, -0.1) is 0 Å². The van der Waals surface area contributed by atoms with Gasteiger partial charge in [-0.05, 0) is 326 Å². The fourth-order valence-electron chi connectivity index (χ4n) is 22.3. The van der Waals surface area contributed by atoms with Crippen LogP contribution in [-0.4, -0.2) is 18.3 Å². The number of hydrogen-bond acceptors (Lipinski definition) is 4. The Morgan fingerprint density at radius 1 is 0.157 bits per heavy atom. The predicted octanol–water partition coefficient (Wildman–Crippen LogP) is 34.4. The molecule has 0 saturated carbocycles. The summed E-state index contributed by atoms with van der Waals surface area (Å²) in [6.45, 7) is 17.4. The standard InChI is InChI=1S/C132H90N8/c1-79-23-9-15-33-101(79)93-46-57-121-115(67-93)116-68-94(102-34-16-10-24-80(102)2)47-58-122(116)137(121)125-61-55-108(91-31-21-29-87(64-91)75-133)131(119(125)77-135)139-123-59-48-95(103-35-17-11-25-81(103)3)69-117(123)118-70-96(49-60-124(118)139)114-66-90(40-39-85(114)7)89-41-50-107(86(8)63-89)100-45-52-111-110-51-42-97(104-36-18-12-26-82(104)4)71-127(110)138(128(111)72-100)126-62-56-109(92-32-22-30-88(65-92)76-134)132(120(126)78-136)140-129-73-98(105-37-19-13-27-83(105)5)43-53-112(129)113-54-44-99(74-130(113)140)106-38-20-14-28-84(106)6/h9-74H,1-8H3. The Balaban J connectivity index is 0.671. The van der Waals surface area contributed by atoms with E-state index in [2.05, 4.69) is 462 Å². The Kier molecular flexibility index (Phi) is 20.5. The van der Waals surface area contributed by atoms with Gasteiger partial charge >= 0.3 is 0 Å². The molecule has 0 spiro atoms. The molecular formula is C132H90N8. The second kappa shape index (κ2) is 33.9. The molecule has 8 nitrogen and oxygen atoms in total. The van der Waals surface area contributed by atoms with E-state index in [0.29, 0.717) is 39.3 Å². The van der Waals surface area contributed by atoms with Crippen LogP contribution in [0.4, 0.5) is 0 Å². The molecule has 0 amide bonds. The normalized spacial score (nSPS) is 11.5. The number of nitrogens with zero attached hydrogens (tertiary/aromatic N) is 8. The highest BCUT2D eigenvalue weighted by Gasteiger charge is 2.31. The molecule has 0 aliphatic rings. The molecule has 0 atom stereocenters. The first-order valence-corrected chi connectivity index (χ1v) is 47.6. The van der Waals surface area contributed by atoms with Crippen molar-refractivity contribution in [1.82, 2.24) is 18.3 Å². The van der Waals surface area contributed by atoms with E-state index in [-0.39, 0.29) is 0 Å². The molecule has 0 radical (unpaired) electrons. The zero-order valence-electron chi connectivity index (χ0n) is 78.7. The molecule has 0 bridgehead atoms. The largest absolute Gasteiger partial charge is 0.308 e. The monoisotopic (exact) mass is 1790 g/mol. The van der Waals surface area contributed by atoms with Crippen molar-refractivity contribution in [2.24, 2.45) is 0 Å². The van der Waals surface area contributed by atoms with Crippen molar-refractivity contribution in [3.05, 3.63) is 467 Å². The molecule has 0 aliphatic heterocycles. The highest BCUT2D eigenvalue weighted by Crippen LogP contribution is 2.51. The minimum atomic E-state index is 0.469. The van der Waals surface area contributed by atoms with Gasteiger partial charge in [-0.2, -0.15) is 21.0 Å². The van der Waals surface area contributed by atoms with Crippen LogP contribution >= 0.6 is 0 Å². The van der Waals surface area contributed by atoms with E-state index in [0.717, 1.165) is 249 Å². The topological polar surface area (TPSA) is 115 Å². The van der Waals surface area contributed by atoms with E-state index in [1.165, 1.54) is 11.1 Å². The number of rotatable bonds is 15. The summed E-state index contributed by atoms with van der Waals surface area (Å²) in [6.07, 6.45) is 0. The maximum atomic E-state index is 12.7. The molecule has 4 heterocycles. The zero-order valence-corrected chi connectivity index (χ0v) is 78.7. The lowest BCUT2D eigenvalue weighted by molar-refractivity contribution is 1.12. The lowest BCUT2D eigenvalue weighted by Gasteiger charge is -2.21. The number of nitriles is 4. The van der Waals surface area contributed by atoms with E-state index < -0.39 is 0 Å². The zero-order chi connectivity index (χ0) is 95.0. The van der Waals surface area contributed by atoms with E-state index >= 15 is 0 Å². The van der Waals surface area contributed by atoms with Gasteiger partial charge in [0.2, 0.25) is 0 Å². The quantitative estimate of drug-likeness (QED) is 0.102. The van der Waals surface area contributed by atoms with Crippen LogP contribution in [0.3, 0.4) is 0 Å². The first-order valence-electron chi connectivity index (χ1n) is 47.6. The summed E-state index contributed by atoms with van der Waals surface area (Å²) in [5.74, 6) is 0. The molecule has 0 N–H and O–H groups in total. The molecular weight excluding hydrogens is 1700 g/mol. The lowest BCUT2D eigenvalue weighted by atomic mass is 9.91. The molecule has 658 valence electrons. The number of fused-ring (bicyclic) bond motifs is 12. The Labute approximate surface area is 812 Å². The van der Waals surface area contributed by atoms with Crippen molar-refractivity contribution in [2.45, 2.75) is 55.4 Å². The second-order valence-electron chi connectivity index (χ2n) is 37.5. The van der Waals surface area contributed by atoms with E-state index in [1.54, 1.807) is 0 Å². The third-order valence-electron chi connectivity index (χ3n) is 29.3. The van der Waals surface area contributed by atoms with E-state index in [4.69, 9.17) is 0 Å². The van der Waals surface area contributed by atoms with Gasteiger partial charge in [0.15, 0.2) is 0 Å². The second-order valence-corrected chi connectivity index (χ2v) is 37.5. The van der Waals surface area contributed by atoms with Crippen LogP contribution in [0.5, 0.6) is 0 Å². The van der Waals surface area contributed by atoms with Crippen LogP contribution in [-0.2, 0) is 0 Å². The van der Waals surface area contributed by atoms with Gasteiger partial charge in [-0.25, -0.2) is 0 Å². The number of hydrogen-bond donors (Lipinski definition) is 0. The molecule has 24 rings (SSSR count). The lowest BCUT2D eigenvalue weighted by Crippen LogP contribution is -2.07. The summed E-state index contributed by atoms with van der Waals surface area (Å²) in [5.41, 5.74) is 44.5. The van der Waals surface area contributed by atoms with Gasteiger partial charge in [-0.3, -0.25) is 0 Å². The van der Waals surface area contributed by atoms with Gasteiger partial charge in [0.1, 0.15) is 23.3 Å². The maximum Gasteiger partial charge on any atom is 0.104 e. The minimum absolute atomic E-state index is 0.469. The summed E-state index contributed by atoms with van der Waals surface area (Å²) < 4.78 is 9.28. The summed E-state index contributed by atoms with van der Waals surface area (Å²) in [5, 5.41) is 54.8. The van der Waals surface area contributed by atoms with Crippen LogP contribution in [0.1, 0.15) is 66.8 Å². The summed E-state index contributed by atoms with van der Waals surface area (Å²) in [6, 6.07) is 154. The van der Waals surface area contributed by atoms with E-state index in [1.807, 2.05) is 36.4 Å². The number of benzene rings is 20. The predicted molar refractivity (Wildman–Crippen MR) is 580 cm³/mol. The smallest absolute Gasteiger partial charge is 0.104 e. The summed E-state index contributed by atoms with van der Waals surface area (Å²) in [7, 11) is 0. The van der Waals surface area contributed by atoms with Crippen molar-refractivity contribution in [2.75, 3.05) is 0 Å². The van der Waals surface area contributed by atoms with Crippen molar-refractivity contribution < 1.29 is 0 Å². The molecule has 0 unspecified atom stereocenters. The van der Waals surface area contributed by atoms with Gasteiger partial charge in [0.05, 0.1) is 90.1 Å². The van der Waals surface area contributed by atoms with Crippen molar-refractivity contribution in [1.29, 1.82) is 21.0 Å². The Morgan fingerprint density at radius 3 is 0.750 bits per heavy atom. The van der Waals surface area contributed by atoms with Crippen LogP contribution in [0.15, 0.2) is 400 Å². The van der Waals surface area contributed by atoms with Crippen LogP contribution in [0.25, 0.3) is 232 Å². The van der Waals surface area contributed by atoms with Gasteiger partial charge < -0.3 is 18.3 Å². The molecule has 4 aromatic heterocycles. The first kappa shape index (κ1) is 84.5. The van der Waals surface area contributed by atoms with Crippen molar-refractivity contribution >= 4 is 87.2 Å². The fraction of sp³-hybridized carbons (Fsp3) is 0.0606. The SMILES string of the molecule is Cc1ccccc1-c1ccc2c(c1)c1cc(-c3ccccc3C)ccc1n2-c1ccc(-c2cccc(C#N)c2)c(-n2c3ccc(-c4ccccc4C)cc3c3cc(-c4cc(-c5ccc(-c6ccc7c8ccc(-c9ccccc9C)cc8n(-c8ccc(-c9cccc(C#N)c9)c(-n9c%10cc(-c%11ccccc%11C)ccc%10c%10ccc(-c%11ccccc%11C)cc%109)c8C#N)c7c6)c(C)c5)ccc4C)ccc32)c1C#N. The Bertz CT molecular complexity index is 9410. The third-order valence-corrected chi connectivity index (χ3v) is 29.3. The van der Waals surface area contributed by atoms with Crippen LogP contribution < -0.4 is 0 Å². The molecule has 8 heteroatoms. The summed E-state index contributed by atoms with van der Waals surface area (Å²) >= 11 is 0. The Hall–Kier alpha value is -18.4. The molecule has 0 aliphatic carbocycles. The van der Waals surface area contributed by atoms with Crippen molar-refractivity contribution in [3.63, 3.8) is 0 Å². The van der Waals surface area contributed by atoms with Crippen LogP contribution in [0, 0.1) is 101 Å². The molecule has 0 saturated heterocycles. The fourth-order valence-corrected chi connectivity index (χ4v) is 22.3. The average molecular weight is 1790 g/mol. The van der Waals surface area contributed by atoms with Gasteiger partial charge in [-0.1, -0.05) is 285 Å². The number of aryl methyl sites for hydroxylation is 8. The molecule has 0 fully saturated rings. The molecule has 24 aromatic rings. The number of aromatic nitrogens is 4. The Morgan fingerprint density at radius 2 is 0.414 bits per heavy atom. The average Bonchev–Trinajstić information content (AvgIpc) is 1.56. The minimum Gasteiger partial charge on any atom is -0.308 e. The van der Waals surface area contributed by atoms with Gasteiger partial charge in [0.25, 0.3) is 0 Å². The third kappa shape index (κ3) is 13.9. The maximum absolute atomic E-state index is 12.7. The molecule has 20 aromatic carbocycles. The first-order chi connectivity index (χ1) is 68.5. The van der Waals surface area contributed by atoms with Crippen molar-refractivity contribution in [3.8, 4) is 169 Å². The van der Waals surface area contributed by atoms with Gasteiger partial charge in [0, 0.05) is 54.2 Å². The summed E-state index contributed by atoms with van der Waals surface area (Å²) in [4.78, 5) is 0.